The first-order valence-electron chi connectivity index (χ1n) is 5.27. The van der Waals surface area contributed by atoms with Crippen LogP contribution in [0.2, 0.25) is 5.02 Å². The number of hydrogen-bond acceptors (Lipinski definition) is 3. The maximum Gasteiger partial charge on any atom is 0.302 e. The Morgan fingerprint density at radius 1 is 1.44 bits per heavy atom. The lowest BCUT2D eigenvalue weighted by Crippen LogP contribution is -2.17. The summed E-state index contributed by atoms with van der Waals surface area (Å²) in [5.41, 5.74) is 1.08. The summed E-state index contributed by atoms with van der Waals surface area (Å²) in [4.78, 5) is 10.5. The van der Waals surface area contributed by atoms with Gasteiger partial charge in [-0.1, -0.05) is 29.8 Å². The fraction of sp³-hybridized carbons (Fsp3) is 0.417. The van der Waals surface area contributed by atoms with E-state index >= 15 is 0 Å². The molecule has 3 nitrogen and oxygen atoms in total. The minimum Gasteiger partial charge on any atom is -0.466 e. The van der Waals surface area contributed by atoms with Crippen molar-refractivity contribution in [3.63, 3.8) is 0 Å². The maximum atomic E-state index is 10.5. The molecule has 0 aliphatic rings. The molecule has 0 amide bonds. The van der Waals surface area contributed by atoms with E-state index in [1.807, 2.05) is 24.3 Å². The molecule has 0 aromatic heterocycles. The lowest BCUT2D eigenvalue weighted by molar-refractivity contribution is -0.141. The largest absolute Gasteiger partial charge is 0.466 e. The third kappa shape index (κ3) is 5.14. The number of rotatable bonds is 6. The van der Waals surface area contributed by atoms with E-state index in [-0.39, 0.29) is 5.97 Å². The molecule has 0 atom stereocenters. The van der Waals surface area contributed by atoms with E-state index in [1.165, 1.54) is 6.92 Å². The number of benzene rings is 1. The van der Waals surface area contributed by atoms with Crippen LogP contribution in [-0.4, -0.2) is 19.1 Å². The summed E-state index contributed by atoms with van der Waals surface area (Å²) in [6, 6.07) is 7.73. The van der Waals surface area contributed by atoms with E-state index in [4.69, 9.17) is 16.3 Å². The highest BCUT2D eigenvalue weighted by molar-refractivity contribution is 6.31. The summed E-state index contributed by atoms with van der Waals surface area (Å²) in [6.07, 6.45) is 0.810. The third-order valence-corrected chi connectivity index (χ3v) is 2.45. The van der Waals surface area contributed by atoms with Crippen molar-refractivity contribution in [2.24, 2.45) is 0 Å². The van der Waals surface area contributed by atoms with Gasteiger partial charge in [0.1, 0.15) is 0 Å². The van der Waals surface area contributed by atoms with Crippen molar-refractivity contribution in [1.29, 1.82) is 0 Å². The number of esters is 1. The van der Waals surface area contributed by atoms with Crippen LogP contribution in [0.15, 0.2) is 24.3 Å². The monoisotopic (exact) mass is 241 g/mol. The van der Waals surface area contributed by atoms with Crippen molar-refractivity contribution in [2.75, 3.05) is 13.2 Å². The van der Waals surface area contributed by atoms with Gasteiger partial charge in [0.2, 0.25) is 0 Å². The molecule has 0 aliphatic heterocycles. The predicted octanol–water partition coefficient (Wildman–Crippen LogP) is 2.38. The normalized spacial score (nSPS) is 10.1. The molecule has 0 fully saturated rings. The maximum absolute atomic E-state index is 10.5. The summed E-state index contributed by atoms with van der Waals surface area (Å²) >= 11 is 6.00. The summed E-state index contributed by atoms with van der Waals surface area (Å²) in [5.74, 6) is -0.230. The van der Waals surface area contributed by atoms with Gasteiger partial charge in [0, 0.05) is 18.5 Å². The van der Waals surface area contributed by atoms with Gasteiger partial charge in [-0.2, -0.15) is 0 Å². The fourth-order valence-electron chi connectivity index (χ4n) is 1.28. The minimum atomic E-state index is -0.230. The fourth-order valence-corrected chi connectivity index (χ4v) is 1.48. The van der Waals surface area contributed by atoms with Crippen LogP contribution in [0.25, 0.3) is 0 Å². The van der Waals surface area contributed by atoms with Crippen LogP contribution in [0.5, 0.6) is 0 Å². The van der Waals surface area contributed by atoms with Crippen LogP contribution in [0.4, 0.5) is 0 Å². The van der Waals surface area contributed by atoms with E-state index in [1.54, 1.807) is 0 Å². The molecule has 0 radical (unpaired) electrons. The van der Waals surface area contributed by atoms with Crippen molar-refractivity contribution in [1.82, 2.24) is 5.32 Å². The summed E-state index contributed by atoms with van der Waals surface area (Å²) < 4.78 is 4.81. The zero-order chi connectivity index (χ0) is 11.8. The van der Waals surface area contributed by atoms with Gasteiger partial charge in [-0.25, -0.2) is 0 Å². The molecule has 0 bridgehead atoms. The highest BCUT2D eigenvalue weighted by Crippen LogP contribution is 2.13. The second-order valence-electron chi connectivity index (χ2n) is 3.46. The van der Waals surface area contributed by atoms with Gasteiger partial charge in [0.25, 0.3) is 0 Å². The average molecular weight is 242 g/mol. The quantitative estimate of drug-likeness (QED) is 0.614. The van der Waals surface area contributed by atoms with Crippen LogP contribution in [-0.2, 0) is 16.1 Å². The van der Waals surface area contributed by atoms with E-state index < -0.39 is 0 Å². The number of nitrogens with one attached hydrogen (secondary N) is 1. The second-order valence-corrected chi connectivity index (χ2v) is 3.87. The first kappa shape index (κ1) is 13.0. The average Bonchev–Trinajstić information content (AvgIpc) is 2.25. The second kappa shape index (κ2) is 7.25. The highest BCUT2D eigenvalue weighted by Gasteiger charge is 1.98. The topological polar surface area (TPSA) is 38.3 Å². The third-order valence-electron chi connectivity index (χ3n) is 2.08. The lowest BCUT2D eigenvalue weighted by atomic mass is 10.2. The molecular weight excluding hydrogens is 226 g/mol. The molecule has 1 rings (SSSR count). The highest BCUT2D eigenvalue weighted by atomic mass is 35.5. The summed E-state index contributed by atoms with van der Waals surface area (Å²) in [5, 5.41) is 4.01. The van der Waals surface area contributed by atoms with Gasteiger partial charge in [-0.3, -0.25) is 4.79 Å². The number of hydrogen-bond donors (Lipinski definition) is 1. The Balaban J connectivity index is 2.12. The number of carbonyl (C=O) groups is 1. The van der Waals surface area contributed by atoms with Gasteiger partial charge in [0.15, 0.2) is 0 Å². The SMILES string of the molecule is CC(=O)OCCCNCc1ccccc1Cl. The smallest absolute Gasteiger partial charge is 0.302 e. The molecule has 0 saturated heterocycles. The van der Waals surface area contributed by atoms with Crippen LogP contribution < -0.4 is 5.32 Å². The van der Waals surface area contributed by atoms with Crippen molar-refractivity contribution >= 4 is 17.6 Å². The first-order chi connectivity index (χ1) is 7.70. The zero-order valence-corrected chi connectivity index (χ0v) is 10.1. The van der Waals surface area contributed by atoms with Gasteiger partial charge >= 0.3 is 5.97 Å². The molecule has 0 spiro atoms. The Bertz CT molecular complexity index is 342. The Hall–Kier alpha value is -1.06. The van der Waals surface area contributed by atoms with Crippen molar-refractivity contribution < 1.29 is 9.53 Å². The Morgan fingerprint density at radius 3 is 2.88 bits per heavy atom. The van der Waals surface area contributed by atoms with Gasteiger partial charge in [-0.05, 0) is 24.6 Å². The molecule has 1 aromatic rings. The molecule has 0 heterocycles. The standard InChI is InChI=1S/C12H16ClNO2/c1-10(15)16-8-4-7-14-9-11-5-2-3-6-12(11)13/h2-3,5-6,14H,4,7-9H2,1H3. The Kier molecular flexibility index (Phi) is 5.90. The molecule has 16 heavy (non-hydrogen) atoms. The van der Waals surface area contributed by atoms with E-state index in [0.29, 0.717) is 6.61 Å². The molecule has 0 saturated carbocycles. The first-order valence-corrected chi connectivity index (χ1v) is 5.65. The molecule has 88 valence electrons. The zero-order valence-electron chi connectivity index (χ0n) is 9.33. The van der Waals surface area contributed by atoms with Gasteiger partial charge in [-0.15, -0.1) is 0 Å². The van der Waals surface area contributed by atoms with Gasteiger partial charge < -0.3 is 10.1 Å². The molecule has 4 heteroatoms. The molecule has 1 aromatic carbocycles. The number of carbonyl (C=O) groups excluding carboxylic acids is 1. The van der Waals surface area contributed by atoms with Crippen molar-refractivity contribution in [3.05, 3.63) is 34.9 Å². The Labute approximate surface area is 101 Å². The van der Waals surface area contributed by atoms with Crippen molar-refractivity contribution in [2.45, 2.75) is 19.9 Å². The van der Waals surface area contributed by atoms with Gasteiger partial charge in [0.05, 0.1) is 6.61 Å². The van der Waals surface area contributed by atoms with Crippen LogP contribution in [0.3, 0.4) is 0 Å². The molecular formula is C12H16ClNO2. The molecule has 0 unspecified atom stereocenters. The summed E-state index contributed by atoms with van der Waals surface area (Å²) in [7, 11) is 0. The Morgan fingerprint density at radius 2 is 2.19 bits per heavy atom. The lowest BCUT2D eigenvalue weighted by Gasteiger charge is -2.06. The molecule has 1 N–H and O–H groups in total. The van der Waals surface area contributed by atoms with Crippen molar-refractivity contribution in [3.8, 4) is 0 Å². The van der Waals surface area contributed by atoms with E-state index in [2.05, 4.69) is 5.32 Å². The van der Waals surface area contributed by atoms with Crippen LogP contribution in [0, 0.1) is 0 Å². The van der Waals surface area contributed by atoms with Crippen LogP contribution in [0.1, 0.15) is 18.9 Å². The molecule has 0 aliphatic carbocycles. The minimum absolute atomic E-state index is 0.230. The van der Waals surface area contributed by atoms with Crippen LogP contribution >= 0.6 is 11.6 Å². The van der Waals surface area contributed by atoms with E-state index in [9.17, 15) is 4.79 Å². The summed E-state index contributed by atoms with van der Waals surface area (Å²) in [6.45, 7) is 3.42. The number of halogens is 1. The van der Waals surface area contributed by atoms with E-state index in [0.717, 1.165) is 30.1 Å². The number of ether oxygens (including phenoxy) is 1. The predicted molar refractivity (Wildman–Crippen MR) is 64.4 cm³/mol.